The molecule has 1 atom stereocenters. The fourth-order valence-electron chi connectivity index (χ4n) is 1.99. The Morgan fingerprint density at radius 1 is 1.41 bits per heavy atom. The summed E-state index contributed by atoms with van der Waals surface area (Å²) in [5, 5.41) is 22.3. The van der Waals surface area contributed by atoms with Crippen molar-refractivity contribution in [2.45, 2.75) is 38.6 Å². The summed E-state index contributed by atoms with van der Waals surface area (Å²) in [6, 6.07) is -1.78. The van der Waals surface area contributed by atoms with Crippen molar-refractivity contribution < 1.29 is 19.8 Å². The molecule has 1 rings (SSSR count). The van der Waals surface area contributed by atoms with Crippen LogP contribution in [0.25, 0.3) is 0 Å². The minimum absolute atomic E-state index is 0.190. The summed E-state index contributed by atoms with van der Waals surface area (Å²) in [5.41, 5.74) is 0.190. The van der Waals surface area contributed by atoms with E-state index in [2.05, 4.69) is 17.6 Å². The molecule has 1 aliphatic rings. The van der Waals surface area contributed by atoms with Gasteiger partial charge in [-0.25, -0.2) is 9.59 Å². The Balaban J connectivity index is 2.32. The quantitative estimate of drug-likeness (QED) is 0.540. The number of carbonyl (C=O) groups is 2. The summed E-state index contributed by atoms with van der Waals surface area (Å²) in [6.45, 7) is 2.04. The van der Waals surface area contributed by atoms with Crippen molar-refractivity contribution in [2.75, 3.05) is 13.2 Å². The topological polar surface area (TPSA) is 98.7 Å². The average molecular weight is 244 g/mol. The standard InChI is InChI=1S/C11H20N2O4/c1-2-11(4-3-5-11)7-12-10(17)13-8(6-14)9(15)16/h8,14H,2-7H2,1H3,(H,15,16)(H2,12,13,17). The number of carboxylic acid groups (broad SMARTS) is 1. The van der Waals surface area contributed by atoms with E-state index >= 15 is 0 Å². The third-order valence-electron chi connectivity index (χ3n) is 3.57. The second-order valence-corrected chi connectivity index (χ2v) is 4.61. The third-order valence-corrected chi connectivity index (χ3v) is 3.57. The van der Waals surface area contributed by atoms with Crippen LogP contribution in [0.2, 0.25) is 0 Å². The van der Waals surface area contributed by atoms with Crippen molar-refractivity contribution in [3.8, 4) is 0 Å². The molecule has 0 saturated heterocycles. The minimum atomic E-state index is -1.24. The zero-order valence-electron chi connectivity index (χ0n) is 10.0. The molecule has 0 aromatic carbocycles. The van der Waals surface area contributed by atoms with E-state index in [1.165, 1.54) is 6.42 Å². The van der Waals surface area contributed by atoms with E-state index in [1.807, 2.05) is 0 Å². The summed E-state index contributed by atoms with van der Waals surface area (Å²) in [4.78, 5) is 22.0. The van der Waals surface area contributed by atoms with Gasteiger partial charge in [0.2, 0.25) is 0 Å². The highest BCUT2D eigenvalue weighted by molar-refractivity contribution is 5.82. The fraction of sp³-hybridized carbons (Fsp3) is 0.818. The molecule has 98 valence electrons. The van der Waals surface area contributed by atoms with Gasteiger partial charge in [-0.05, 0) is 24.7 Å². The lowest BCUT2D eigenvalue weighted by Crippen LogP contribution is -2.51. The Bertz CT molecular complexity index is 284. The van der Waals surface area contributed by atoms with E-state index in [4.69, 9.17) is 10.2 Å². The zero-order valence-corrected chi connectivity index (χ0v) is 10.0. The third kappa shape index (κ3) is 3.59. The van der Waals surface area contributed by atoms with Crippen molar-refractivity contribution in [2.24, 2.45) is 5.41 Å². The summed E-state index contributed by atoms with van der Waals surface area (Å²) in [6.07, 6.45) is 4.40. The second kappa shape index (κ2) is 5.86. The number of aliphatic carboxylic acids is 1. The SMILES string of the molecule is CCC1(CNC(=O)NC(CO)C(=O)O)CCC1. The van der Waals surface area contributed by atoms with Gasteiger partial charge >= 0.3 is 12.0 Å². The van der Waals surface area contributed by atoms with Gasteiger partial charge in [0, 0.05) is 6.54 Å². The first kappa shape index (κ1) is 13.8. The number of aliphatic hydroxyl groups excluding tert-OH is 1. The first-order valence-electron chi connectivity index (χ1n) is 5.91. The van der Waals surface area contributed by atoms with E-state index in [1.54, 1.807) is 0 Å². The molecule has 4 N–H and O–H groups in total. The minimum Gasteiger partial charge on any atom is -0.480 e. The van der Waals surface area contributed by atoms with Gasteiger partial charge in [0.1, 0.15) is 0 Å². The molecule has 0 spiro atoms. The number of nitrogens with one attached hydrogen (secondary N) is 2. The number of aliphatic hydroxyl groups is 1. The first-order valence-corrected chi connectivity index (χ1v) is 5.91. The molecule has 6 heteroatoms. The van der Waals surface area contributed by atoms with Crippen LogP contribution in [0.3, 0.4) is 0 Å². The molecular formula is C11H20N2O4. The van der Waals surface area contributed by atoms with Crippen molar-refractivity contribution in [1.29, 1.82) is 0 Å². The van der Waals surface area contributed by atoms with E-state index in [0.29, 0.717) is 6.54 Å². The van der Waals surface area contributed by atoms with Gasteiger partial charge in [-0.15, -0.1) is 0 Å². The molecule has 0 aromatic rings. The predicted molar refractivity (Wildman–Crippen MR) is 61.6 cm³/mol. The maximum absolute atomic E-state index is 11.4. The van der Waals surface area contributed by atoms with Gasteiger partial charge in [-0.3, -0.25) is 0 Å². The Kier molecular flexibility index (Phi) is 4.74. The summed E-state index contributed by atoms with van der Waals surface area (Å²) < 4.78 is 0. The Morgan fingerprint density at radius 3 is 2.41 bits per heavy atom. The van der Waals surface area contributed by atoms with E-state index < -0.39 is 24.6 Å². The molecule has 0 heterocycles. The highest BCUT2D eigenvalue weighted by Gasteiger charge is 2.35. The number of amides is 2. The van der Waals surface area contributed by atoms with Crippen LogP contribution in [0.1, 0.15) is 32.6 Å². The zero-order chi connectivity index (χ0) is 12.9. The monoisotopic (exact) mass is 244 g/mol. The van der Waals surface area contributed by atoms with Crippen molar-refractivity contribution in [3.05, 3.63) is 0 Å². The number of rotatable bonds is 6. The van der Waals surface area contributed by atoms with Crippen LogP contribution in [0.15, 0.2) is 0 Å². The summed E-state index contributed by atoms with van der Waals surface area (Å²) in [7, 11) is 0. The van der Waals surface area contributed by atoms with Crippen molar-refractivity contribution in [3.63, 3.8) is 0 Å². The van der Waals surface area contributed by atoms with Crippen LogP contribution < -0.4 is 10.6 Å². The van der Waals surface area contributed by atoms with Gasteiger partial charge in [0.15, 0.2) is 6.04 Å². The lowest BCUT2D eigenvalue weighted by Gasteiger charge is -2.41. The van der Waals surface area contributed by atoms with Gasteiger partial charge < -0.3 is 20.8 Å². The normalized spacial score (nSPS) is 18.9. The fourth-order valence-corrected chi connectivity index (χ4v) is 1.99. The molecule has 6 nitrogen and oxygen atoms in total. The molecule has 1 unspecified atom stereocenters. The number of carbonyl (C=O) groups excluding carboxylic acids is 1. The highest BCUT2D eigenvalue weighted by atomic mass is 16.4. The van der Waals surface area contributed by atoms with E-state index in [-0.39, 0.29) is 5.41 Å². The maximum Gasteiger partial charge on any atom is 0.328 e. The van der Waals surface area contributed by atoms with Crippen molar-refractivity contribution >= 4 is 12.0 Å². The lowest BCUT2D eigenvalue weighted by atomic mass is 9.67. The van der Waals surface area contributed by atoms with Crippen LogP contribution >= 0.6 is 0 Å². The van der Waals surface area contributed by atoms with Crippen LogP contribution in [0.5, 0.6) is 0 Å². The van der Waals surface area contributed by atoms with E-state index in [9.17, 15) is 9.59 Å². The van der Waals surface area contributed by atoms with Gasteiger partial charge in [0.25, 0.3) is 0 Å². The predicted octanol–water partition coefficient (Wildman–Crippen LogP) is 0.311. The molecule has 0 aromatic heterocycles. The van der Waals surface area contributed by atoms with E-state index in [0.717, 1.165) is 19.3 Å². The number of hydrogen-bond acceptors (Lipinski definition) is 3. The highest BCUT2D eigenvalue weighted by Crippen LogP contribution is 2.42. The number of hydrogen-bond donors (Lipinski definition) is 4. The van der Waals surface area contributed by atoms with Gasteiger partial charge in [-0.1, -0.05) is 13.3 Å². The molecular weight excluding hydrogens is 224 g/mol. The lowest BCUT2D eigenvalue weighted by molar-refractivity contribution is -0.140. The van der Waals surface area contributed by atoms with Gasteiger partial charge in [-0.2, -0.15) is 0 Å². The van der Waals surface area contributed by atoms with Crippen LogP contribution in [0.4, 0.5) is 4.79 Å². The molecule has 0 bridgehead atoms. The first-order chi connectivity index (χ1) is 8.03. The largest absolute Gasteiger partial charge is 0.480 e. The molecule has 2 amide bonds. The molecule has 1 fully saturated rings. The molecule has 1 saturated carbocycles. The molecule has 1 aliphatic carbocycles. The number of urea groups is 1. The summed E-state index contributed by atoms with van der Waals surface area (Å²) >= 11 is 0. The van der Waals surface area contributed by atoms with Crippen LogP contribution in [-0.4, -0.2) is 41.4 Å². The molecule has 0 radical (unpaired) electrons. The van der Waals surface area contributed by atoms with Crippen LogP contribution in [-0.2, 0) is 4.79 Å². The Hall–Kier alpha value is -1.30. The second-order valence-electron chi connectivity index (χ2n) is 4.61. The number of carboxylic acids is 1. The molecule has 0 aliphatic heterocycles. The smallest absolute Gasteiger partial charge is 0.328 e. The Labute approximate surface area is 100 Å². The van der Waals surface area contributed by atoms with Crippen molar-refractivity contribution in [1.82, 2.24) is 10.6 Å². The summed E-state index contributed by atoms with van der Waals surface area (Å²) in [5.74, 6) is -1.24. The van der Waals surface area contributed by atoms with Gasteiger partial charge in [0.05, 0.1) is 6.61 Å². The average Bonchev–Trinajstić information content (AvgIpc) is 2.24. The maximum atomic E-state index is 11.4. The molecule has 17 heavy (non-hydrogen) atoms. The Morgan fingerprint density at radius 2 is 2.06 bits per heavy atom. The van der Waals surface area contributed by atoms with Crippen LogP contribution in [0, 0.1) is 5.41 Å².